The molecule has 2 N–H and O–H groups in total. The van der Waals surface area contributed by atoms with E-state index in [4.69, 9.17) is 4.74 Å². The molecular formula is C21H31FN2O2. The van der Waals surface area contributed by atoms with E-state index < -0.39 is 5.41 Å². The summed E-state index contributed by atoms with van der Waals surface area (Å²) in [5.41, 5.74) is 0.283. The van der Waals surface area contributed by atoms with E-state index in [2.05, 4.69) is 10.6 Å². The summed E-state index contributed by atoms with van der Waals surface area (Å²) in [7, 11) is 0. The third-order valence-electron chi connectivity index (χ3n) is 5.88. The number of halogens is 1. The molecule has 0 aromatic heterocycles. The summed E-state index contributed by atoms with van der Waals surface area (Å²) in [4.78, 5) is 13.0. The number of carbonyl (C=O) groups excluding carboxylic acids is 1. The molecule has 1 aromatic rings. The first-order valence-corrected chi connectivity index (χ1v) is 10.1. The fourth-order valence-corrected chi connectivity index (χ4v) is 4.24. The maximum Gasteiger partial charge on any atom is 0.230 e. The van der Waals surface area contributed by atoms with Crippen LogP contribution in [0, 0.1) is 5.82 Å². The van der Waals surface area contributed by atoms with Crippen molar-refractivity contribution in [3.63, 3.8) is 0 Å². The van der Waals surface area contributed by atoms with Crippen LogP contribution in [0.3, 0.4) is 0 Å². The number of hydrogen-bond donors (Lipinski definition) is 2. The molecule has 1 aliphatic heterocycles. The molecule has 1 saturated heterocycles. The second kappa shape index (κ2) is 9.47. The van der Waals surface area contributed by atoms with Gasteiger partial charge in [0.15, 0.2) is 0 Å². The lowest BCUT2D eigenvalue weighted by Crippen LogP contribution is -2.49. The molecule has 3 rings (SSSR count). The van der Waals surface area contributed by atoms with Crippen LogP contribution in [-0.4, -0.2) is 38.3 Å². The van der Waals surface area contributed by atoms with Gasteiger partial charge in [-0.25, -0.2) is 4.39 Å². The molecule has 1 heterocycles. The molecule has 1 saturated carbocycles. The van der Waals surface area contributed by atoms with E-state index in [1.807, 2.05) is 0 Å². The summed E-state index contributed by atoms with van der Waals surface area (Å²) in [5, 5.41) is 6.70. The van der Waals surface area contributed by atoms with Crippen LogP contribution >= 0.6 is 0 Å². The van der Waals surface area contributed by atoms with E-state index >= 15 is 0 Å². The van der Waals surface area contributed by atoms with Crippen LogP contribution in [0.15, 0.2) is 24.3 Å². The van der Waals surface area contributed by atoms with E-state index in [1.54, 1.807) is 12.1 Å². The van der Waals surface area contributed by atoms with Crippen molar-refractivity contribution in [2.45, 2.75) is 62.8 Å². The zero-order chi connectivity index (χ0) is 18.2. The van der Waals surface area contributed by atoms with Gasteiger partial charge in [0.05, 0.1) is 5.41 Å². The third-order valence-corrected chi connectivity index (χ3v) is 5.88. The highest BCUT2D eigenvalue weighted by molar-refractivity contribution is 5.88. The Balaban J connectivity index is 1.55. The van der Waals surface area contributed by atoms with Gasteiger partial charge in [-0.3, -0.25) is 4.79 Å². The number of nitrogens with one attached hydrogen (secondary N) is 2. The first-order valence-electron chi connectivity index (χ1n) is 10.1. The summed E-state index contributed by atoms with van der Waals surface area (Å²) < 4.78 is 18.8. The maximum absolute atomic E-state index is 13.3. The van der Waals surface area contributed by atoms with E-state index in [1.165, 1.54) is 50.7 Å². The number of carbonyl (C=O) groups is 1. The molecule has 26 heavy (non-hydrogen) atoms. The Hall–Kier alpha value is -1.46. The van der Waals surface area contributed by atoms with Crippen LogP contribution in [0.2, 0.25) is 0 Å². The van der Waals surface area contributed by atoms with E-state index in [9.17, 15) is 9.18 Å². The number of amides is 1. The second-order valence-electron chi connectivity index (χ2n) is 7.60. The zero-order valence-corrected chi connectivity index (χ0v) is 15.6. The Kier molecular flexibility index (Phi) is 7.03. The van der Waals surface area contributed by atoms with Gasteiger partial charge in [-0.05, 0) is 43.4 Å². The van der Waals surface area contributed by atoms with Crippen molar-refractivity contribution in [2.24, 2.45) is 0 Å². The van der Waals surface area contributed by atoms with Crippen molar-refractivity contribution in [1.29, 1.82) is 0 Å². The molecule has 1 aliphatic carbocycles. The zero-order valence-electron chi connectivity index (χ0n) is 15.6. The predicted octanol–water partition coefficient (Wildman–Crippen LogP) is 3.30. The van der Waals surface area contributed by atoms with Crippen molar-refractivity contribution in [3.8, 4) is 0 Å². The fourth-order valence-electron chi connectivity index (χ4n) is 4.24. The van der Waals surface area contributed by atoms with E-state index in [-0.39, 0.29) is 11.7 Å². The van der Waals surface area contributed by atoms with Gasteiger partial charge in [-0.15, -0.1) is 0 Å². The van der Waals surface area contributed by atoms with Crippen LogP contribution < -0.4 is 10.6 Å². The van der Waals surface area contributed by atoms with Crippen LogP contribution in [0.25, 0.3) is 0 Å². The molecule has 4 nitrogen and oxygen atoms in total. The first-order chi connectivity index (χ1) is 12.7. The minimum atomic E-state index is -0.603. The van der Waals surface area contributed by atoms with Crippen molar-refractivity contribution in [3.05, 3.63) is 35.6 Å². The van der Waals surface area contributed by atoms with E-state index in [0.29, 0.717) is 38.6 Å². The molecule has 0 spiro atoms. The number of hydrogen-bond acceptors (Lipinski definition) is 3. The monoisotopic (exact) mass is 362 g/mol. The van der Waals surface area contributed by atoms with Crippen LogP contribution in [0.1, 0.15) is 56.9 Å². The number of benzene rings is 1. The van der Waals surface area contributed by atoms with Gasteiger partial charge >= 0.3 is 0 Å². The Bertz CT molecular complexity index is 562. The minimum absolute atomic E-state index is 0.0371. The largest absolute Gasteiger partial charge is 0.381 e. The summed E-state index contributed by atoms with van der Waals surface area (Å²) in [6.45, 7) is 2.54. The third kappa shape index (κ3) is 4.83. The van der Waals surface area contributed by atoms with Crippen LogP contribution in [0.5, 0.6) is 0 Å². The van der Waals surface area contributed by atoms with Gasteiger partial charge in [0.25, 0.3) is 0 Å². The maximum atomic E-state index is 13.3. The number of ether oxygens (including phenoxy) is 1. The molecule has 2 fully saturated rings. The minimum Gasteiger partial charge on any atom is -0.381 e. The number of rotatable bonds is 6. The lowest BCUT2D eigenvalue weighted by Gasteiger charge is -2.36. The summed E-state index contributed by atoms with van der Waals surface area (Å²) in [6, 6.07) is 6.94. The Morgan fingerprint density at radius 3 is 2.35 bits per heavy atom. The molecule has 144 valence electrons. The molecule has 0 bridgehead atoms. The van der Waals surface area contributed by atoms with Crippen LogP contribution in [0.4, 0.5) is 4.39 Å². The molecule has 0 atom stereocenters. The molecule has 1 aromatic carbocycles. The Labute approximate surface area is 155 Å². The fraction of sp³-hybridized carbons (Fsp3) is 0.667. The second-order valence-corrected chi connectivity index (χ2v) is 7.60. The SMILES string of the molecule is O=C(NCCNC1CCCCCC1)C1(c2ccc(F)cc2)CCOCC1. The van der Waals surface area contributed by atoms with Crippen molar-refractivity contribution in [1.82, 2.24) is 10.6 Å². The van der Waals surface area contributed by atoms with Gasteiger partial charge in [0.1, 0.15) is 5.82 Å². The molecule has 1 amide bonds. The molecule has 0 unspecified atom stereocenters. The van der Waals surface area contributed by atoms with E-state index in [0.717, 1.165) is 12.1 Å². The lowest BCUT2D eigenvalue weighted by molar-refractivity contribution is -0.130. The predicted molar refractivity (Wildman–Crippen MR) is 101 cm³/mol. The first kappa shape index (κ1) is 19.3. The summed E-state index contributed by atoms with van der Waals surface area (Å²) in [6.07, 6.45) is 9.06. The molecular weight excluding hydrogens is 331 g/mol. The summed E-state index contributed by atoms with van der Waals surface area (Å²) in [5.74, 6) is -0.237. The lowest BCUT2D eigenvalue weighted by atomic mass is 9.73. The molecule has 0 radical (unpaired) electrons. The van der Waals surface area contributed by atoms with Gasteiger partial charge in [0.2, 0.25) is 5.91 Å². The van der Waals surface area contributed by atoms with Gasteiger partial charge in [-0.2, -0.15) is 0 Å². The highest BCUT2D eigenvalue weighted by atomic mass is 19.1. The topological polar surface area (TPSA) is 50.4 Å². The van der Waals surface area contributed by atoms with Gasteiger partial charge < -0.3 is 15.4 Å². The van der Waals surface area contributed by atoms with Gasteiger partial charge in [-0.1, -0.05) is 37.8 Å². The van der Waals surface area contributed by atoms with Gasteiger partial charge in [0, 0.05) is 32.3 Å². The highest BCUT2D eigenvalue weighted by Crippen LogP contribution is 2.35. The highest BCUT2D eigenvalue weighted by Gasteiger charge is 2.41. The van der Waals surface area contributed by atoms with Crippen molar-refractivity contribution < 1.29 is 13.9 Å². The average molecular weight is 362 g/mol. The Morgan fingerprint density at radius 1 is 1.04 bits per heavy atom. The van der Waals surface area contributed by atoms with Crippen molar-refractivity contribution >= 4 is 5.91 Å². The molecule has 2 aliphatic rings. The molecule has 5 heteroatoms. The standard InChI is InChI=1S/C21H31FN2O2/c22-18-9-7-17(8-10-18)21(11-15-26-16-12-21)20(25)24-14-13-23-19-5-3-1-2-4-6-19/h7-10,19,23H,1-6,11-16H2,(H,24,25). The quantitative estimate of drug-likeness (QED) is 0.603. The smallest absolute Gasteiger partial charge is 0.230 e. The van der Waals surface area contributed by atoms with Crippen molar-refractivity contribution in [2.75, 3.05) is 26.3 Å². The Morgan fingerprint density at radius 2 is 1.69 bits per heavy atom. The summed E-state index contributed by atoms with van der Waals surface area (Å²) >= 11 is 0. The average Bonchev–Trinajstić information content (AvgIpc) is 2.95. The normalized spacial score (nSPS) is 21.1. The van der Waals surface area contributed by atoms with Crippen LogP contribution in [-0.2, 0) is 14.9 Å².